The number of hydrogen-bond donors (Lipinski definition) is 1. The van der Waals surface area contributed by atoms with Crippen LogP contribution in [0.2, 0.25) is 0 Å². The smallest absolute Gasteiger partial charge is 0.252 e. The lowest BCUT2D eigenvalue weighted by Gasteiger charge is -2.22. The van der Waals surface area contributed by atoms with E-state index in [-0.39, 0.29) is 5.91 Å². The van der Waals surface area contributed by atoms with Crippen LogP contribution in [0.5, 0.6) is 0 Å². The molecule has 3 heteroatoms. The van der Waals surface area contributed by atoms with Crippen LogP contribution >= 0.6 is 11.3 Å². The van der Waals surface area contributed by atoms with Crippen molar-refractivity contribution in [1.29, 1.82) is 0 Å². The molecule has 1 aromatic heterocycles. The second-order valence-electron chi connectivity index (χ2n) is 4.64. The van der Waals surface area contributed by atoms with E-state index in [1.54, 1.807) is 11.3 Å². The molecule has 1 heterocycles. The third-order valence-electron chi connectivity index (χ3n) is 3.47. The Morgan fingerprint density at radius 1 is 1.31 bits per heavy atom. The normalized spacial score (nSPS) is 17.4. The minimum atomic E-state index is 0.119. The highest BCUT2D eigenvalue weighted by molar-refractivity contribution is 7.10. The standard InChI is InChI=1S/C13H19NOS/c1-9-10(2)16-8-12(9)13(15)14-11-6-4-3-5-7-11/h8,11H,3-7H2,1-2H3,(H,14,15). The quantitative estimate of drug-likeness (QED) is 0.839. The summed E-state index contributed by atoms with van der Waals surface area (Å²) in [5.41, 5.74) is 2.01. The molecule has 16 heavy (non-hydrogen) atoms. The van der Waals surface area contributed by atoms with Gasteiger partial charge in [0.1, 0.15) is 0 Å². The fraction of sp³-hybridized carbons (Fsp3) is 0.615. The van der Waals surface area contributed by atoms with Crippen molar-refractivity contribution < 1.29 is 4.79 Å². The number of hydrogen-bond acceptors (Lipinski definition) is 2. The number of aryl methyl sites for hydroxylation is 1. The van der Waals surface area contributed by atoms with E-state index in [9.17, 15) is 4.79 Å². The van der Waals surface area contributed by atoms with E-state index in [1.165, 1.54) is 24.1 Å². The Morgan fingerprint density at radius 2 is 2.00 bits per heavy atom. The molecule has 1 aliphatic rings. The van der Waals surface area contributed by atoms with Gasteiger partial charge in [0.05, 0.1) is 5.56 Å². The van der Waals surface area contributed by atoms with E-state index in [4.69, 9.17) is 0 Å². The van der Waals surface area contributed by atoms with E-state index in [0.717, 1.165) is 24.0 Å². The van der Waals surface area contributed by atoms with Crippen LogP contribution in [-0.4, -0.2) is 11.9 Å². The van der Waals surface area contributed by atoms with Crippen LogP contribution in [0.4, 0.5) is 0 Å². The topological polar surface area (TPSA) is 29.1 Å². The lowest BCUT2D eigenvalue weighted by Crippen LogP contribution is -2.36. The summed E-state index contributed by atoms with van der Waals surface area (Å²) in [6, 6.07) is 0.404. The van der Waals surface area contributed by atoms with Crippen LogP contribution in [0.15, 0.2) is 5.38 Å². The van der Waals surface area contributed by atoms with E-state index < -0.39 is 0 Å². The van der Waals surface area contributed by atoms with Gasteiger partial charge in [0.2, 0.25) is 0 Å². The maximum absolute atomic E-state index is 12.0. The van der Waals surface area contributed by atoms with Crippen molar-refractivity contribution in [2.24, 2.45) is 0 Å². The number of nitrogens with one attached hydrogen (secondary N) is 1. The van der Waals surface area contributed by atoms with E-state index >= 15 is 0 Å². The molecule has 0 bridgehead atoms. The van der Waals surface area contributed by atoms with Crippen LogP contribution in [0, 0.1) is 13.8 Å². The van der Waals surface area contributed by atoms with Gasteiger partial charge in [-0.1, -0.05) is 19.3 Å². The molecule has 0 radical (unpaired) electrons. The molecular formula is C13H19NOS. The average molecular weight is 237 g/mol. The monoisotopic (exact) mass is 237 g/mol. The van der Waals surface area contributed by atoms with Gasteiger partial charge in [0.25, 0.3) is 5.91 Å². The van der Waals surface area contributed by atoms with Crippen LogP contribution in [0.3, 0.4) is 0 Å². The lowest BCUT2D eigenvalue weighted by atomic mass is 9.95. The number of rotatable bonds is 2. The molecule has 0 spiro atoms. The minimum absolute atomic E-state index is 0.119. The molecule has 1 aromatic rings. The maximum atomic E-state index is 12.0. The molecule has 2 rings (SSSR count). The van der Waals surface area contributed by atoms with Gasteiger partial charge < -0.3 is 5.32 Å². The molecule has 88 valence electrons. The van der Waals surface area contributed by atoms with Crippen molar-refractivity contribution in [3.8, 4) is 0 Å². The molecule has 0 saturated heterocycles. The summed E-state index contributed by atoms with van der Waals surface area (Å²) in [5, 5.41) is 5.13. The second kappa shape index (κ2) is 5.00. The first kappa shape index (κ1) is 11.6. The van der Waals surface area contributed by atoms with Crippen LogP contribution in [0.1, 0.15) is 52.9 Å². The SMILES string of the molecule is Cc1scc(C(=O)NC2CCCCC2)c1C. The minimum Gasteiger partial charge on any atom is -0.349 e. The van der Waals surface area contributed by atoms with Crippen LogP contribution in [0.25, 0.3) is 0 Å². The Hall–Kier alpha value is -0.830. The maximum Gasteiger partial charge on any atom is 0.252 e. The van der Waals surface area contributed by atoms with E-state index in [0.29, 0.717) is 6.04 Å². The highest BCUT2D eigenvalue weighted by atomic mass is 32.1. The zero-order valence-electron chi connectivity index (χ0n) is 10.0. The molecule has 1 amide bonds. The van der Waals surface area contributed by atoms with Crippen molar-refractivity contribution in [2.75, 3.05) is 0 Å². The summed E-state index contributed by atoms with van der Waals surface area (Å²) in [5.74, 6) is 0.119. The predicted molar refractivity (Wildman–Crippen MR) is 68.1 cm³/mol. The van der Waals surface area contributed by atoms with Crippen molar-refractivity contribution in [3.05, 3.63) is 21.4 Å². The summed E-state index contributed by atoms with van der Waals surface area (Å²) in [6.07, 6.45) is 6.13. The number of carbonyl (C=O) groups excluding carboxylic acids is 1. The van der Waals surface area contributed by atoms with Gasteiger partial charge in [-0.2, -0.15) is 0 Å². The third-order valence-corrected chi connectivity index (χ3v) is 4.48. The second-order valence-corrected chi connectivity index (χ2v) is 5.72. The highest BCUT2D eigenvalue weighted by Gasteiger charge is 2.18. The zero-order valence-corrected chi connectivity index (χ0v) is 10.8. The first-order valence-corrected chi connectivity index (χ1v) is 6.92. The number of amides is 1. The Morgan fingerprint density at radius 3 is 2.56 bits per heavy atom. The molecule has 0 unspecified atom stereocenters. The van der Waals surface area contributed by atoms with Gasteiger partial charge in [-0.15, -0.1) is 11.3 Å². The van der Waals surface area contributed by atoms with Crippen LogP contribution < -0.4 is 5.32 Å². The molecule has 0 atom stereocenters. The van der Waals surface area contributed by atoms with Gasteiger partial charge in [0.15, 0.2) is 0 Å². The molecule has 0 aromatic carbocycles. The van der Waals surface area contributed by atoms with Crippen LogP contribution in [-0.2, 0) is 0 Å². The highest BCUT2D eigenvalue weighted by Crippen LogP contribution is 2.22. The van der Waals surface area contributed by atoms with Gasteiger partial charge in [0, 0.05) is 16.3 Å². The largest absolute Gasteiger partial charge is 0.349 e. The van der Waals surface area contributed by atoms with Gasteiger partial charge in [-0.25, -0.2) is 0 Å². The average Bonchev–Trinajstić information content (AvgIpc) is 2.61. The first-order chi connectivity index (χ1) is 7.68. The summed E-state index contributed by atoms with van der Waals surface area (Å²) >= 11 is 1.66. The zero-order chi connectivity index (χ0) is 11.5. The summed E-state index contributed by atoms with van der Waals surface area (Å²) < 4.78 is 0. The van der Waals surface area contributed by atoms with Crippen molar-refractivity contribution in [3.63, 3.8) is 0 Å². The van der Waals surface area contributed by atoms with Crippen molar-refractivity contribution in [2.45, 2.75) is 52.0 Å². The summed E-state index contributed by atoms with van der Waals surface area (Å²) in [4.78, 5) is 13.3. The fourth-order valence-electron chi connectivity index (χ4n) is 2.25. The first-order valence-electron chi connectivity index (χ1n) is 6.04. The van der Waals surface area contributed by atoms with Crippen molar-refractivity contribution in [1.82, 2.24) is 5.32 Å². The Labute approximate surface area is 101 Å². The fourth-order valence-corrected chi connectivity index (χ4v) is 3.11. The third kappa shape index (κ3) is 2.46. The number of carbonyl (C=O) groups is 1. The Bertz CT molecular complexity index is 377. The van der Waals surface area contributed by atoms with Gasteiger partial charge >= 0.3 is 0 Å². The van der Waals surface area contributed by atoms with Gasteiger partial charge in [-0.05, 0) is 32.3 Å². The molecule has 0 aliphatic heterocycles. The molecular weight excluding hydrogens is 218 g/mol. The summed E-state index contributed by atoms with van der Waals surface area (Å²) in [7, 11) is 0. The predicted octanol–water partition coefficient (Wildman–Crippen LogP) is 3.43. The molecule has 1 saturated carbocycles. The lowest BCUT2D eigenvalue weighted by molar-refractivity contribution is 0.0927. The molecule has 1 aliphatic carbocycles. The van der Waals surface area contributed by atoms with Gasteiger partial charge in [-0.3, -0.25) is 4.79 Å². The Balaban J connectivity index is 1.99. The molecule has 2 nitrogen and oxygen atoms in total. The van der Waals surface area contributed by atoms with E-state index in [1.807, 2.05) is 12.3 Å². The Kier molecular flexibility index (Phi) is 3.64. The van der Waals surface area contributed by atoms with E-state index in [2.05, 4.69) is 12.2 Å². The number of thiophene rings is 1. The molecule has 1 N–H and O–H groups in total. The van der Waals surface area contributed by atoms with Crippen molar-refractivity contribution >= 4 is 17.2 Å². The summed E-state index contributed by atoms with van der Waals surface area (Å²) in [6.45, 7) is 4.10. The molecule has 1 fully saturated rings.